The number of nitrogens with zero attached hydrogens (tertiary/aromatic N) is 2. The number of fused-ring (bicyclic) bond motifs is 6. The number of rotatable bonds is 5. The molecule has 0 atom stereocenters. The number of thiophene rings is 1. The lowest BCUT2D eigenvalue weighted by Crippen LogP contribution is -1.96. The highest BCUT2D eigenvalue weighted by Crippen LogP contribution is 2.41. The number of hydrogen-bond donors (Lipinski definition) is 0. The second-order valence-electron chi connectivity index (χ2n) is 12.6. The Morgan fingerprint density at radius 1 is 0.380 bits per heavy atom. The van der Waals surface area contributed by atoms with Crippen molar-refractivity contribution in [3.8, 4) is 56.2 Å². The minimum Gasteiger partial charge on any atom is -0.456 e. The Balaban J connectivity index is 1.07. The van der Waals surface area contributed by atoms with Crippen LogP contribution < -0.4 is 0 Å². The second kappa shape index (κ2) is 11.7. The van der Waals surface area contributed by atoms with Gasteiger partial charge >= 0.3 is 0 Å². The molecule has 0 saturated carbocycles. The van der Waals surface area contributed by atoms with Crippen LogP contribution in [0.1, 0.15) is 0 Å². The van der Waals surface area contributed by atoms with Crippen LogP contribution in [0.4, 0.5) is 0 Å². The van der Waals surface area contributed by atoms with E-state index in [2.05, 4.69) is 140 Å². The van der Waals surface area contributed by atoms with Crippen LogP contribution in [-0.4, -0.2) is 9.97 Å². The van der Waals surface area contributed by atoms with E-state index in [0.717, 1.165) is 55.6 Å². The average Bonchev–Trinajstić information content (AvgIpc) is 3.76. The number of benzene rings is 7. The first-order valence-corrected chi connectivity index (χ1v) is 17.5. The van der Waals surface area contributed by atoms with Crippen molar-refractivity contribution in [2.75, 3.05) is 0 Å². The van der Waals surface area contributed by atoms with Gasteiger partial charge in [0.05, 0.1) is 11.4 Å². The molecule has 0 bridgehead atoms. The zero-order chi connectivity index (χ0) is 33.0. The summed E-state index contributed by atoms with van der Waals surface area (Å²) in [6, 6.07) is 59.5. The van der Waals surface area contributed by atoms with Gasteiger partial charge < -0.3 is 4.42 Å². The van der Waals surface area contributed by atoms with E-state index in [4.69, 9.17) is 14.4 Å². The number of aromatic nitrogens is 2. The van der Waals surface area contributed by atoms with Crippen LogP contribution in [0.3, 0.4) is 0 Å². The summed E-state index contributed by atoms with van der Waals surface area (Å²) in [4.78, 5) is 10.2. The van der Waals surface area contributed by atoms with Crippen LogP contribution in [0.25, 0.3) is 98.3 Å². The standard InChI is InChI=1S/C46H28N2OS/c1-3-10-29(11-4-1)30-18-20-32(21-19-30)41-28-40(31-12-5-2-6-13-31)47-46(48-41)34-23-25-42-39(26-34)36-24-22-33(27-43(36)49-42)35-15-9-16-38-37-14-7-8-17-44(37)50-45(35)38/h1-28H. The molecule has 0 aliphatic rings. The molecule has 0 amide bonds. The molecule has 3 nitrogen and oxygen atoms in total. The van der Waals surface area contributed by atoms with Crippen molar-refractivity contribution in [1.82, 2.24) is 9.97 Å². The maximum Gasteiger partial charge on any atom is 0.160 e. The third-order valence-corrected chi connectivity index (χ3v) is 10.7. The summed E-state index contributed by atoms with van der Waals surface area (Å²) in [5, 5.41) is 4.72. The highest BCUT2D eigenvalue weighted by molar-refractivity contribution is 7.26. The molecule has 0 N–H and O–H groups in total. The van der Waals surface area contributed by atoms with Gasteiger partial charge in [-0.25, -0.2) is 9.97 Å². The summed E-state index contributed by atoms with van der Waals surface area (Å²) in [6.45, 7) is 0. The lowest BCUT2D eigenvalue weighted by atomic mass is 10.0. The molecule has 10 aromatic rings. The molecule has 0 spiro atoms. The first kappa shape index (κ1) is 28.6. The largest absolute Gasteiger partial charge is 0.456 e. The fourth-order valence-electron chi connectivity index (χ4n) is 7.00. The number of furan rings is 1. The van der Waals surface area contributed by atoms with Gasteiger partial charge in [0.15, 0.2) is 5.82 Å². The van der Waals surface area contributed by atoms with Crippen LogP contribution in [0.15, 0.2) is 174 Å². The van der Waals surface area contributed by atoms with Crippen LogP contribution >= 0.6 is 11.3 Å². The summed E-state index contributed by atoms with van der Waals surface area (Å²) in [7, 11) is 0. The van der Waals surface area contributed by atoms with Gasteiger partial charge in [0.2, 0.25) is 0 Å². The van der Waals surface area contributed by atoms with Gasteiger partial charge in [0.25, 0.3) is 0 Å². The molecule has 234 valence electrons. The molecule has 0 aliphatic heterocycles. The monoisotopic (exact) mass is 656 g/mol. The molecule has 3 heterocycles. The minimum atomic E-state index is 0.679. The van der Waals surface area contributed by atoms with E-state index in [1.165, 1.54) is 36.9 Å². The number of hydrogen-bond acceptors (Lipinski definition) is 4. The molecule has 7 aromatic carbocycles. The molecule has 0 saturated heterocycles. The van der Waals surface area contributed by atoms with Gasteiger partial charge in [0, 0.05) is 47.6 Å². The second-order valence-corrected chi connectivity index (χ2v) is 13.6. The van der Waals surface area contributed by atoms with E-state index in [1.54, 1.807) is 0 Å². The summed E-state index contributed by atoms with van der Waals surface area (Å²) < 4.78 is 9.08. The van der Waals surface area contributed by atoms with E-state index in [0.29, 0.717) is 5.82 Å². The predicted molar refractivity (Wildman–Crippen MR) is 209 cm³/mol. The normalized spacial score (nSPS) is 11.6. The van der Waals surface area contributed by atoms with E-state index in [-0.39, 0.29) is 0 Å². The topological polar surface area (TPSA) is 38.9 Å². The molecule has 4 heteroatoms. The summed E-state index contributed by atoms with van der Waals surface area (Å²) >= 11 is 1.85. The Kier molecular flexibility index (Phi) is 6.68. The molecular weight excluding hydrogens is 629 g/mol. The molecular formula is C46H28N2OS. The molecule has 3 aromatic heterocycles. The Hall–Kier alpha value is -6.36. The van der Waals surface area contributed by atoms with Gasteiger partial charge in [-0.1, -0.05) is 127 Å². The summed E-state index contributed by atoms with van der Waals surface area (Å²) in [5.41, 5.74) is 11.3. The Labute approximate surface area is 292 Å². The molecule has 50 heavy (non-hydrogen) atoms. The Bertz CT molecular complexity index is 2850. The van der Waals surface area contributed by atoms with Gasteiger partial charge in [-0.3, -0.25) is 0 Å². The third-order valence-electron chi connectivity index (χ3n) is 9.53. The Morgan fingerprint density at radius 2 is 1.00 bits per heavy atom. The highest BCUT2D eigenvalue weighted by atomic mass is 32.1. The quantitative estimate of drug-likeness (QED) is 0.185. The van der Waals surface area contributed by atoms with E-state index in [9.17, 15) is 0 Å². The molecule has 0 radical (unpaired) electrons. The maximum absolute atomic E-state index is 6.47. The van der Waals surface area contributed by atoms with Gasteiger partial charge in [-0.2, -0.15) is 0 Å². The average molecular weight is 657 g/mol. The van der Waals surface area contributed by atoms with Crippen LogP contribution in [0.2, 0.25) is 0 Å². The first-order chi connectivity index (χ1) is 24.7. The van der Waals surface area contributed by atoms with Crippen molar-refractivity contribution >= 4 is 53.4 Å². The zero-order valence-electron chi connectivity index (χ0n) is 26.9. The van der Waals surface area contributed by atoms with Crippen LogP contribution in [0.5, 0.6) is 0 Å². The first-order valence-electron chi connectivity index (χ1n) is 16.7. The minimum absolute atomic E-state index is 0.679. The maximum atomic E-state index is 6.47. The van der Waals surface area contributed by atoms with E-state index >= 15 is 0 Å². The zero-order valence-corrected chi connectivity index (χ0v) is 27.7. The van der Waals surface area contributed by atoms with Crippen LogP contribution in [0, 0.1) is 0 Å². The van der Waals surface area contributed by atoms with Crippen molar-refractivity contribution in [3.63, 3.8) is 0 Å². The molecule has 0 fully saturated rings. The third kappa shape index (κ3) is 4.89. The molecule has 0 unspecified atom stereocenters. The van der Waals surface area contributed by atoms with Gasteiger partial charge in [-0.05, 0) is 64.7 Å². The Morgan fingerprint density at radius 3 is 1.80 bits per heavy atom. The fourth-order valence-corrected chi connectivity index (χ4v) is 8.24. The predicted octanol–water partition coefficient (Wildman–Crippen LogP) is 13.1. The smallest absolute Gasteiger partial charge is 0.160 e. The lowest BCUT2D eigenvalue weighted by Gasteiger charge is -2.10. The van der Waals surface area contributed by atoms with Crippen molar-refractivity contribution < 1.29 is 4.42 Å². The van der Waals surface area contributed by atoms with E-state index in [1.807, 2.05) is 41.7 Å². The van der Waals surface area contributed by atoms with Crippen molar-refractivity contribution in [3.05, 3.63) is 170 Å². The fraction of sp³-hybridized carbons (Fsp3) is 0. The summed E-state index contributed by atoms with van der Waals surface area (Å²) in [6.07, 6.45) is 0. The van der Waals surface area contributed by atoms with Gasteiger partial charge in [0.1, 0.15) is 11.2 Å². The van der Waals surface area contributed by atoms with Crippen LogP contribution in [-0.2, 0) is 0 Å². The van der Waals surface area contributed by atoms with Crippen molar-refractivity contribution in [2.45, 2.75) is 0 Å². The highest BCUT2D eigenvalue weighted by Gasteiger charge is 2.16. The van der Waals surface area contributed by atoms with Crippen molar-refractivity contribution in [2.24, 2.45) is 0 Å². The van der Waals surface area contributed by atoms with Crippen molar-refractivity contribution in [1.29, 1.82) is 0 Å². The summed E-state index contributed by atoms with van der Waals surface area (Å²) in [5.74, 6) is 0.679. The lowest BCUT2D eigenvalue weighted by molar-refractivity contribution is 0.669. The molecule has 0 aliphatic carbocycles. The molecule has 10 rings (SSSR count). The van der Waals surface area contributed by atoms with E-state index < -0.39 is 0 Å². The van der Waals surface area contributed by atoms with Gasteiger partial charge in [-0.15, -0.1) is 11.3 Å². The SMILES string of the molecule is c1ccc(-c2ccc(-c3cc(-c4ccccc4)nc(-c4ccc5oc6cc(-c7cccc8c7sc7ccccc78)ccc6c5c4)n3)cc2)cc1.